The van der Waals surface area contributed by atoms with Crippen molar-refractivity contribution in [3.05, 3.63) is 59.2 Å². The lowest BCUT2D eigenvalue weighted by Crippen LogP contribution is -2.46. The minimum atomic E-state index is -3.89. The highest BCUT2D eigenvalue weighted by atomic mass is 32.2. The number of benzene rings is 2. The third kappa shape index (κ3) is 19.6. The van der Waals surface area contributed by atoms with E-state index in [4.69, 9.17) is 33.2 Å². The minimum Gasteiger partial charge on any atom is -0.451 e. The van der Waals surface area contributed by atoms with Gasteiger partial charge in [-0.15, -0.1) is 0 Å². The molecule has 1 amide bonds. The van der Waals surface area contributed by atoms with Crippen molar-refractivity contribution in [3.63, 3.8) is 0 Å². The predicted molar refractivity (Wildman–Crippen MR) is 202 cm³/mol. The van der Waals surface area contributed by atoms with Crippen LogP contribution in [0, 0.1) is 11.6 Å². The van der Waals surface area contributed by atoms with Crippen LogP contribution < -0.4 is 14.8 Å². The van der Waals surface area contributed by atoms with Crippen molar-refractivity contribution in [3.8, 4) is 11.5 Å². The van der Waals surface area contributed by atoms with E-state index in [1.165, 1.54) is 36.4 Å². The molecule has 0 fully saturated rings. The summed E-state index contributed by atoms with van der Waals surface area (Å²) in [5, 5.41) is 22.4. The molecule has 2 aromatic rings. The Kier molecular flexibility index (Phi) is 24.4. The normalized spacial score (nSPS) is 13.1. The van der Waals surface area contributed by atoms with Gasteiger partial charge in [-0.25, -0.2) is 21.9 Å². The van der Waals surface area contributed by atoms with Crippen molar-refractivity contribution in [2.45, 2.75) is 57.1 Å². The Hall–Kier alpha value is -3.43. The lowest BCUT2D eigenvalue weighted by atomic mass is 10.1. The number of halogens is 2. The Bertz CT molecular complexity index is 1560. The molecule has 2 atom stereocenters. The predicted octanol–water partition coefficient (Wildman–Crippen LogP) is 3.16. The quantitative estimate of drug-likeness (QED) is 0.0787. The summed E-state index contributed by atoms with van der Waals surface area (Å²) in [5.41, 5.74) is 1.33. The number of aliphatic hydroxyl groups excluding tert-OH is 2. The lowest BCUT2D eigenvalue weighted by Gasteiger charge is -2.16. The summed E-state index contributed by atoms with van der Waals surface area (Å²) in [4.78, 5) is 24.1. The molecule has 316 valence electrons. The zero-order chi connectivity index (χ0) is 41.2. The summed E-state index contributed by atoms with van der Waals surface area (Å²) in [6, 6.07) is 7.42. The maximum Gasteiger partial charge on any atom is 0.252 e. The molecule has 0 aliphatic heterocycles. The van der Waals surface area contributed by atoms with Gasteiger partial charge in [0.25, 0.3) is 5.91 Å². The Morgan fingerprint density at radius 2 is 1.27 bits per heavy atom. The van der Waals surface area contributed by atoms with E-state index in [0.717, 1.165) is 12.0 Å². The van der Waals surface area contributed by atoms with Crippen LogP contribution in [-0.4, -0.2) is 135 Å². The second-order valence-corrected chi connectivity index (χ2v) is 13.9. The van der Waals surface area contributed by atoms with Crippen LogP contribution in [0.1, 0.15) is 45.6 Å². The largest absolute Gasteiger partial charge is 0.451 e. The number of Topliss-reactive ketones (excluding diaryl/α,β-unsaturated/α-hetero) is 1. The van der Waals surface area contributed by atoms with Crippen LogP contribution in [0.25, 0.3) is 6.08 Å². The fraction of sp³-hybridized carbons (Fsp3) is 0.579. The number of hydrogen-bond donors (Lipinski definition) is 4. The summed E-state index contributed by atoms with van der Waals surface area (Å²) >= 11 is 0. The van der Waals surface area contributed by atoms with Gasteiger partial charge in [-0.2, -0.15) is 0 Å². The number of amides is 1. The van der Waals surface area contributed by atoms with Gasteiger partial charge in [0, 0.05) is 32.7 Å². The first kappa shape index (κ1) is 48.7. The minimum absolute atomic E-state index is 0.0223. The van der Waals surface area contributed by atoms with E-state index in [2.05, 4.69) is 10.0 Å². The number of aliphatic hydroxyl groups is 2. The zero-order valence-electron chi connectivity index (χ0n) is 32.3. The van der Waals surface area contributed by atoms with Gasteiger partial charge in [0.15, 0.2) is 29.3 Å². The molecule has 0 saturated carbocycles. The number of carbonyl (C=O) groups excluding carboxylic acids is 2. The maximum atomic E-state index is 14.6. The van der Waals surface area contributed by atoms with E-state index in [-0.39, 0.29) is 76.4 Å². The number of rotatable bonds is 32. The molecule has 0 aliphatic carbocycles. The van der Waals surface area contributed by atoms with Gasteiger partial charge in [-0.05, 0) is 68.7 Å². The monoisotopic (exact) mass is 818 g/mol. The lowest BCUT2D eigenvalue weighted by molar-refractivity contribution is -0.145. The molecule has 0 aromatic heterocycles. The second-order valence-electron chi connectivity index (χ2n) is 12.1. The number of ether oxygens (including phenoxy) is 7. The van der Waals surface area contributed by atoms with Gasteiger partial charge in [-0.3, -0.25) is 9.59 Å². The molecule has 0 unspecified atom stereocenters. The fourth-order valence-electron chi connectivity index (χ4n) is 4.58. The molecule has 0 bridgehead atoms. The first-order valence-electron chi connectivity index (χ1n) is 18.5. The highest BCUT2D eigenvalue weighted by Gasteiger charge is 2.29. The van der Waals surface area contributed by atoms with Gasteiger partial charge >= 0.3 is 0 Å². The van der Waals surface area contributed by atoms with E-state index < -0.39 is 51.3 Å². The Morgan fingerprint density at radius 3 is 1.82 bits per heavy atom. The number of carbonyl (C=O) groups is 2. The summed E-state index contributed by atoms with van der Waals surface area (Å²) in [6.07, 6.45) is -1.11. The van der Waals surface area contributed by atoms with Crippen molar-refractivity contribution in [2.24, 2.45) is 0 Å². The van der Waals surface area contributed by atoms with E-state index >= 15 is 0 Å². The standard InChI is InChI=1S/C38H56F2N2O13S/c1-4-28(3)25-29-26-32(39)37(33(40)27-29)55-30-8-10-31(11-9-30)56(47,48)42-13-16-52-21-24-54-23-20-51-15-12-41-38(46)36(45)35(44)34(43)7-6-14-50-19-22-53-18-17-49-5-2/h8-11,25-27,35-36,42,44-45H,4-7,12-24H2,1-3H3,(H,41,46)/b28-25+/t35-,36+/m0/s1. The molecular formula is C38H56F2N2O13S. The third-order valence-electron chi connectivity index (χ3n) is 7.73. The third-order valence-corrected chi connectivity index (χ3v) is 9.21. The number of sulfonamides is 1. The topological polar surface area (TPSA) is 197 Å². The van der Waals surface area contributed by atoms with Crippen LogP contribution in [0.4, 0.5) is 8.78 Å². The van der Waals surface area contributed by atoms with E-state index in [1.807, 2.05) is 20.8 Å². The van der Waals surface area contributed by atoms with Gasteiger partial charge in [0.2, 0.25) is 10.0 Å². The van der Waals surface area contributed by atoms with Crippen molar-refractivity contribution in [2.75, 3.05) is 92.4 Å². The average molecular weight is 819 g/mol. The van der Waals surface area contributed by atoms with Gasteiger partial charge < -0.3 is 48.7 Å². The molecule has 2 aromatic carbocycles. The molecule has 0 spiro atoms. The van der Waals surface area contributed by atoms with E-state index in [9.17, 15) is 37.0 Å². The van der Waals surface area contributed by atoms with Crippen molar-refractivity contribution < 1.29 is 70.2 Å². The van der Waals surface area contributed by atoms with Crippen molar-refractivity contribution in [1.29, 1.82) is 0 Å². The fourth-order valence-corrected chi connectivity index (χ4v) is 5.59. The molecule has 56 heavy (non-hydrogen) atoms. The maximum absolute atomic E-state index is 14.6. The Morgan fingerprint density at radius 1 is 0.750 bits per heavy atom. The summed E-state index contributed by atoms with van der Waals surface area (Å²) in [6.45, 7) is 9.22. The first-order valence-corrected chi connectivity index (χ1v) is 19.9. The smallest absolute Gasteiger partial charge is 0.252 e. The average Bonchev–Trinajstić information content (AvgIpc) is 3.18. The molecule has 0 aliphatic rings. The molecule has 0 saturated heterocycles. The molecule has 4 N–H and O–H groups in total. The van der Waals surface area contributed by atoms with Gasteiger partial charge in [0.1, 0.15) is 11.9 Å². The van der Waals surface area contributed by atoms with Crippen LogP contribution in [0.15, 0.2) is 46.9 Å². The SMILES string of the molecule is CCOCCOCCOCCCC(=O)[C@H](O)[C@@H](O)C(=O)NCCOCCOCCOCCNS(=O)(=O)c1ccc(Oc2c(F)cc(/C=C(\C)CC)cc2F)cc1. The molecule has 0 radical (unpaired) electrons. The second kappa shape index (κ2) is 28.0. The van der Waals surface area contributed by atoms with Crippen LogP contribution in [-0.2, 0) is 48.0 Å². The number of hydrogen-bond acceptors (Lipinski definition) is 13. The molecule has 0 heterocycles. The summed E-state index contributed by atoms with van der Waals surface area (Å²) in [7, 11) is -3.89. The number of nitrogens with one attached hydrogen (secondary N) is 2. The van der Waals surface area contributed by atoms with Crippen LogP contribution in [0.5, 0.6) is 11.5 Å². The molecule has 15 nitrogen and oxygen atoms in total. The molecule has 2 rings (SSSR count). The zero-order valence-corrected chi connectivity index (χ0v) is 33.1. The highest BCUT2D eigenvalue weighted by molar-refractivity contribution is 7.89. The van der Waals surface area contributed by atoms with Crippen LogP contribution in [0.3, 0.4) is 0 Å². The first-order chi connectivity index (χ1) is 26.9. The highest BCUT2D eigenvalue weighted by Crippen LogP contribution is 2.30. The molecular weight excluding hydrogens is 762 g/mol. The Balaban J connectivity index is 1.50. The summed E-state index contributed by atoms with van der Waals surface area (Å²) in [5.74, 6) is -3.89. The summed E-state index contributed by atoms with van der Waals surface area (Å²) < 4.78 is 94.0. The molecule has 18 heteroatoms. The van der Waals surface area contributed by atoms with Gasteiger partial charge in [0.05, 0.1) is 71.0 Å². The number of ketones is 1. The van der Waals surface area contributed by atoms with E-state index in [1.54, 1.807) is 6.08 Å². The van der Waals surface area contributed by atoms with Crippen molar-refractivity contribution in [1.82, 2.24) is 10.0 Å². The number of allylic oxidation sites excluding steroid dienone is 1. The van der Waals surface area contributed by atoms with Crippen molar-refractivity contribution >= 4 is 27.8 Å². The van der Waals surface area contributed by atoms with Crippen LogP contribution >= 0.6 is 0 Å². The van der Waals surface area contributed by atoms with E-state index in [0.29, 0.717) is 45.0 Å². The van der Waals surface area contributed by atoms with Crippen LogP contribution in [0.2, 0.25) is 0 Å². The van der Waals surface area contributed by atoms with Gasteiger partial charge in [-0.1, -0.05) is 18.6 Å². The Labute approximate surface area is 327 Å².